The van der Waals surface area contributed by atoms with Crippen LogP contribution in [0.15, 0.2) is 53.0 Å². The SMILES string of the molecule is CC1Oc2ccccc2N(CCC(=O)NC(C)c2ccc(Br)cc2)C1=O. The van der Waals surface area contributed by atoms with Crippen LogP contribution in [-0.2, 0) is 9.59 Å². The summed E-state index contributed by atoms with van der Waals surface area (Å²) in [6, 6.07) is 15.1. The van der Waals surface area contributed by atoms with Crippen molar-refractivity contribution in [1.29, 1.82) is 0 Å². The molecule has 136 valence electrons. The van der Waals surface area contributed by atoms with Gasteiger partial charge in [-0.2, -0.15) is 0 Å². The molecule has 0 spiro atoms. The van der Waals surface area contributed by atoms with Gasteiger partial charge in [-0.1, -0.05) is 40.2 Å². The van der Waals surface area contributed by atoms with Crippen LogP contribution in [0.3, 0.4) is 0 Å². The summed E-state index contributed by atoms with van der Waals surface area (Å²) in [4.78, 5) is 26.4. The molecule has 0 saturated heterocycles. The number of nitrogens with one attached hydrogen (secondary N) is 1. The molecule has 2 atom stereocenters. The Labute approximate surface area is 161 Å². The largest absolute Gasteiger partial charge is 0.479 e. The number of ether oxygens (including phenoxy) is 1. The third kappa shape index (κ3) is 4.07. The number of fused-ring (bicyclic) bond motifs is 1. The summed E-state index contributed by atoms with van der Waals surface area (Å²) < 4.78 is 6.62. The number of carbonyl (C=O) groups excluding carboxylic acids is 2. The minimum Gasteiger partial charge on any atom is -0.479 e. The van der Waals surface area contributed by atoms with Gasteiger partial charge < -0.3 is 15.0 Å². The first-order valence-corrected chi connectivity index (χ1v) is 9.37. The van der Waals surface area contributed by atoms with Crippen molar-refractivity contribution in [1.82, 2.24) is 5.32 Å². The fraction of sp³-hybridized carbons (Fsp3) is 0.300. The van der Waals surface area contributed by atoms with Gasteiger partial charge in [0.2, 0.25) is 5.91 Å². The number of halogens is 1. The molecule has 1 aliphatic rings. The summed E-state index contributed by atoms with van der Waals surface area (Å²) in [5.41, 5.74) is 1.74. The minimum absolute atomic E-state index is 0.0927. The Balaban J connectivity index is 1.62. The van der Waals surface area contributed by atoms with E-state index >= 15 is 0 Å². The number of hydrogen-bond donors (Lipinski definition) is 1. The highest BCUT2D eigenvalue weighted by molar-refractivity contribution is 9.10. The molecule has 2 aromatic rings. The van der Waals surface area contributed by atoms with Crippen molar-refractivity contribution in [3.63, 3.8) is 0 Å². The molecular formula is C20H21BrN2O3. The maximum absolute atomic E-state index is 12.4. The lowest BCUT2D eigenvalue weighted by molar-refractivity contribution is -0.125. The first kappa shape index (κ1) is 18.5. The van der Waals surface area contributed by atoms with Crippen LogP contribution in [0.5, 0.6) is 5.75 Å². The molecule has 5 nitrogen and oxygen atoms in total. The number of para-hydroxylation sites is 2. The Morgan fingerprint density at radius 3 is 2.65 bits per heavy atom. The molecular weight excluding hydrogens is 396 g/mol. The van der Waals surface area contributed by atoms with E-state index in [1.807, 2.05) is 55.5 Å². The number of carbonyl (C=O) groups is 2. The Morgan fingerprint density at radius 1 is 1.23 bits per heavy atom. The third-order valence-electron chi connectivity index (χ3n) is 4.38. The zero-order valence-corrected chi connectivity index (χ0v) is 16.3. The highest BCUT2D eigenvalue weighted by atomic mass is 79.9. The molecule has 2 amide bonds. The van der Waals surface area contributed by atoms with Crippen molar-refractivity contribution in [3.8, 4) is 5.75 Å². The van der Waals surface area contributed by atoms with Gasteiger partial charge >= 0.3 is 0 Å². The smallest absolute Gasteiger partial charge is 0.267 e. The Kier molecular flexibility index (Phi) is 5.61. The summed E-state index contributed by atoms with van der Waals surface area (Å²) in [5.74, 6) is 0.450. The predicted molar refractivity (Wildman–Crippen MR) is 104 cm³/mol. The number of benzene rings is 2. The van der Waals surface area contributed by atoms with Gasteiger partial charge in [-0.05, 0) is 43.7 Å². The maximum Gasteiger partial charge on any atom is 0.267 e. The van der Waals surface area contributed by atoms with E-state index in [2.05, 4.69) is 21.2 Å². The summed E-state index contributed by atoms with van der Waals surface area (Å²) in [6.07, 6.45) is -0.317. The summed E-state index contributed by atoms with van der Waals surface area (Å²) >= 11 is 3.40. The molecule has 1 heterocycles. The molecule has 0 bridgehead atoms. The number of rotatable bonds is 5. The average molecular weight is 417 g/mol. The third-order valence-corrected chi connectivity index (χ3v) is 4.91. The monoisotopic (exact) mass is 416 g/mol. The molecule has 2 aromatic carbocycles. The highest BCUT2D eigenvalue weighted by Gasteiger charge is 2.31. The normalized spacial score (nSPS) is 17.3. The second-order valence-electron chi connectivity index (χ2n) is 6.31. The molecule has 0 aliphatic carbocycles. The average Bonchev–Trinajstić information content (AvgIpc) is 2.62. The van der Waals surface area contributed by atoms with Gasteiger partial charge in [0.25, 0.3) is 5.91 Å². The van der Waals surface area contributed by atoms with Crippen molar-refractivity contribution in [2.45, 2.75) is 32.4 Å². The molecule has 2 unspecified atom stereocenters. The lowest BCUT2D eigenvalue weighted by Gasteiger charge is -2.32. The Morgan fingerprint density at radius 2 is 1.92 bits per heavy atom. The number of nitrogens with zero attached hydrogens (tertiary/aromatic N) is 1. The summed E-state index contributed by atoms with van der Waals surface area (Å²) in [7, 11) is 0. The van der Waals surface area contributed by atoms with Crippen LogP contribution >= 0.6 is 15.9 Å². The van der Waals surface area contributed by atoms with E-state index in [1.54, 1.807) is 11.8 Å². The van der Waals surface area contributed by atoms with E-state index in [-0.39, 0.29) is 24.3 Å². The van der Waals surface area contributed by atoms with Gasteiger partial charge in [0.1, 0.15) is 5.75 Å². The lowest BCUT2D eigenvalue weighted by Crippen LogP contribution is -2.45. The predicted octanol–water partition coefficient (Wildman–Crippen LogP) is 3.83. The fourth-order valence-corrected chi connectivity index (χ4v) is 3.22. The zero-order chi connectivity index (χ0) is 18.7. The number of amides is 2. The maximum atomic E-state index is 12.4. The zero-order valence-electron chi connectivity index (χ0n) is 14.7. The topological polar surface area (TPSA) is 58.6 Å². The van der Waals surface area contributed by atoms with Crippen LogP contribution in [0.2, 0.25) is 0 Å². The van der Waals surface area contributed by atoms with Crippen LogP contribution in [0.4, 0.5) is 5.69 Å². The van der Waals surface area contributed by atoms with Crippen LogP contribution in [0.1, 0.15) is 31.9 Å². The highest BCUT2D eigenvalue weighted by Crippen LogP contribution is 2.33. The van der Waals surface area contributed by atoms with Crippen molar-refractivity contribution in [2.24, 2.45) is 0 Å². The van der Waals surface area contributed by atoms with Crippen molar-refractivity contribution >= 4 is 33.4 Å². The molecule has 0 radical (unpaired) electrons. The van der Waals surface area contributed by atoms with Gasteiger partial charge in [0.05, 0.1) is 11.7 Å². The first-order chi connectivity index (χ1) is 12.5. The summed E-state index contributed by atoms with van der Waals surface area (Å²) in [6.45, 7) is 3.99. The van der Waals surface area contributed by atoms with E-state index in [0.717, 1.165) is 10.0 Å². The minimum atomic E-state index is -0.547. The van der Waals surface area contributed by atoms with E-state index < -0.39 is 6.10 Å². The molecule has 6 heteroatoms. The molecule has 26 heavy (non-hydrogen) atoms. The Hall–Kier alpha value is -2.34. The summed E-state index contributed by atoms with van der Waals surface area (Å²) in [5, 5.41) is 2.98. The van der Waals surface area contributed by atoms with Crippen LogP contribution in [0, 0.1) is 0 Å². The van der Waals surface area contributed by atoms with E-state index in [4.69, 9.17) is 4.74 Å². The molecule has 1 N–H and O–H groups in total. The van der Waals surface area contributed by atoms with E-state index in [1.165, 1.54) is 0 Å². The Bertz CT molecular complexity index is 807. The number of hydrogen-bond acceptors (Lipinski definition) is 3. The van der Waals surface area contributed by atoms with Crippen LogP contribution in [0.25, 0.3) is 0 Å². The standard InChI is InChI=1S/C20H21BrN2O3/c1-13(15-7-9-16(21)10-8-15)22-19(24)11-12-23-17-5-3-4-6-18(17)26-14(2)20(23)25/h3-10,13-14H,11-12H2,1-2H3,(H,22,24). The van der Waals surface area contributed by atoms with Gasteiger partial charge in [-0.3, -0.25) is 9.59 Å². The van der Waals surface area contributed by atoms with Gasteiger partial charge in [0.15, 0.2) is 6.10 Å². The number of anilines is 1. The lowest BCUT2D eigenvalue weighted by atomic mass is 10.1. The molecule has 0 saturated carbocycles. The van der Waals surface area contributed by atoms with Crippen LogP contribution in [-0.4, -0.2) is 24.5 Å². The molecule has 1 aliphatic heterocycles. The van der Waals surface area contributed by atoms with Gasteiger partial charge in [-0.25, -0.2) is 0 Å². The van der Waals surface area contributed by atoms with Crippen molar-refractivity contribution in [3.05, 3.63) is 58.6 Å². The fourth-order valence-electron chi connectivity index (χ4n) is 2.95. The van der Waals surface area contributed by atoms with Crippen molar-refractivity contribution in [2.75, 3.05) is 11.4 Å². The molecule has 3 rings (SSSR count). The van der Waals surface area contributed by atoms with Gasteiger partial charge in [-0.15, -0.1) is 0 Å². The van der Waals surface area contributed by atoms with E-state index in [9.17, 15) is 9.59 Å². The van der Waals surface area contributed by atoms with Crippen LogP contribution < -0.4 is 15.0 Å². The quantitative estimate of drug-likeness (QED) is 0.805. The second kappa shape index (κ2) is 7.91. The van der Waals surface area contributed by atoms with Crippen molar-refractivity contribution < 1.29 is 14.3 Å². The molecule has 0 fully saturated rings. The second-order valence-corrected chi connectivity index (χ2v) is 7.22. The van der Waals surface area contributed by atoms with E-state index in [0.29, 0.717) is 18.0 Å². The van der Waals surface area contributed by atoms with Gasteiger partial charge in [0, 0.05) is 17.4 Å². The molecule has 0 aromatic heterocycles. The first-order valence-electron chi connectivity index (χ1n) is 8.57.